The van der Waals surface area contributed by atoms with E-state index in [1.165, 1.54) is 32.4 Å². The quantitative estimate of drug-likeness (QED) is 0.391. The third kappa shape index (κ3) is 8.91. The van der Waals surface area contributed by atoms with E-state index in [1.807, 2.05) is 42.0 Å². The van der Waals surface area contributed by atoms with E-state index in [-0.39, 0.29) is 12.6 Å². The summed E-state index contributed by atoms with van der Waals surface area (Å²) in [6.45, 7) is 7.72. The van der Waals surface area contributed by atoms with Crippen molar-refractivity contribution in [3.8, 4) is 5.75 Å². The van der Waals surface area contributed by atoms with Crippen LogP contribution in [0.4, 0.5) is 0 Å². The Morgan fingerprint density at radius 1 is 1.18 bits per heavy atom. The Bertz CT molecular complexity index is 770. The zero-order chi connectivity index (χ0) is 25.1. The lowest BCUT2D eigenvalue weighted by atomic mass is 10.1. The summed E-state index contributed by atoms with van der Waals surface area (Å²) in [7, 11) is 6.99. The van der Waals surface area contributed by atoms with E-state index in [2.05, 4.69) is 30.9 Å². The topological polar surface area (TPSA) is 62.3 Å². The maximum absolute atomic E-state index is 13.1. The molecule has 3 rings (SSSR count). The summed E-state index contributed by atoms with van der Waals surface area (Å²) in [5, 5.41) is 0. The molecule has 2 saturated heterocycles. The first kappa shape index (κ1) is 29.3. The number of carbonyl (C=O) groups is 1. The van der Waals surface area contributed by atoms with Crippen LogP contribution in [0.1, 0.15) is 30.4 Å². The van der Waals surface area contributed by atoms with Crippen LogP contribution in [0.2, 0.25) is 0 Å². The number of benzene rings is 1. The van der Waals surface area contributed by atoms with Crippen LogP contribution in [0.5, 0.6) is 5.75 Å². The molecule has 34 heavy (non-hydrogen) atoms. The Kier molecular flexibility index (Phi) is 13.1. The third-order valence-electron chi connectivity index (χ3n) is 6.38. The molecule has 194 valence electrons. The minimum atomic E-state index is -1.24. The summed E-state index contributed by atoms with van der Waals surface area (Å²) in [5.41, 5.74) is 1.93. The summed E-state index contributed by atoms with van der Waals surface area (Å²) in [6.07, 6.45) is 4.81. The van der Waals surface area contributed by atoms with Crippen molar-refractivity contribution in [2.75, 3.05) is 72.6 Å². The highest BCUT2D eigenvalue weighted by atomic mass is 32.2. The number of nitrogens with zero attached hydrogens (tertiary/aromatic N) is 3. The predicted molar refractivity (Wildman–Crippen MR) is 142 cm³/mol. The fourth-order valence-electron chi connectivity index (χ4n) is 4.40. The van der Waals surface area contributed by atoms with Crippen LogP contribution in [0.25, 0.3) is 0 Å². The van der Waals surface area contributed by atoms with E-state index in [9.17, 15) is 9.00 Å². The first-order valence-electron chi connectivity index (χ1n) is 12.1. The minimum Gasteiger partial charge on any atom is -0.497 e. The van der Waals surface area contributed by atoms with Gasteiger partial charge in [-0.1, -0.05) is 0 Å². The first-order chi connectivity index (χ1) is 16.3. The Hall–Kier alpha value is -0.970. The molecule has 2 aliphatic heterocycles. The molecular formula is C25H43N3O4S2. The number of likely N-dealkylation sites (tertiary alicyclic amines) is 1. The number of hydrogen-bond acceptors (Lipinski definition) is 7. The zero-order valence-corrected chi connectivity index (χ0v) is 23.4. The van der Waals surface area contributed by atoms with Gasteiger partial charge in [-0.05, 0) is 90.6 Å². The van der Waals surface area contributed by atoms with E-state index < -0.39 is 11.0 Å². The molecule has 0 saturated carbocycles. The van der Waals surface area contributed by atoms with Crippen LogP contribution in [0.15, 0.2) is 17.0 Å². The number of aryl methyl sites for hydroxylation is 2. The smallest absolute Gasteiger partial charge is 0.145 e. The second kappa shape index (κ2) is 15.2. The molecule has 0 spiro atoms. The van der Waals surface area contributed by atoms with Crippen LogP contribution < -0.4 is 4.74 Å². The molecule has 0 radical (unpaired) electrons. The van der Waals surface area contributed by atoms with Crippen molar-refractivity contribution in [2.24, 2.45) is 0 Å². The molecule has 1 aromatic rings. The molecule has 2 aliphatic rings. The summed E-state index contributed by atoms with van der Waals surface area (Å²) >= 11 is 1.83. The summed E-state index contributed by atoms with van der Waals surface area (Å²) in [4.78, 5) is 16.1. The molecule has 0 aliphatic carbocycles. The molecule has 2 fully saturated rings. The molecule has 2 heterocycles. The second-order valence-electron chi connectivity index (χ2n) is 9.26. The maximum atomic E-state index is 13.1. The summed E-state index contributed by atoms with van der Waals surface area (Å²) in [5.74, 6) is 2.59. The van der Waals surface area contributed by atoms with Gasteiger partial charge in [-0.2, -0.15) is 11.8 Å². The van der Waals surface area contributed by atoms with Crippen molar-refractivity contribution in [3.05, 3.63) is 23.3 Å². The lowest BCUT2D eigenvalue weighted by Gasteiger charge is -2.34. The van der Waals surface area contributed by atoms with Crippen LogP contribution >= 0.6 is 11.8 Å². The lowest BCUT2D eigenvalue weighted by molar-refractivity contribution is -0.112. The maximum Gasteiger partial charge on any atom is 0.145 e. The standard InChI is InChI=1S/C16H23NO4S2.C9H20N2/c1-12-8-15(20-3)9-13(2)16(12)23(19)17-4-7-22-11-14(17)10-21-6-5-18;1-10(2)9-5-4-7-11(3)8-6-9/h5,8-9,14H,4,6-7,10-11H2,1-3H3;9H,4-8H2,1-3H3. The van der Waals surface area contributed by atoms with Crippen LogP contribution in [-0.2, 0) is 20.5 Å². The van der Waals surface area contributed by atoms with Crippen LogP contribution in [0.3, 0.4) is 0 Å². The van der Waals surface area contributed by atoms with Gasteiger partial charge in [-0.3, -0.25) is 0 Å². The predicted octanol–water partition coefficient (Wildman–Crippen LogP) is 3.00. The molecule has 3 atom stereocenters. The zero-order valence-electron chi connectivity index (χ0n) is 21.7. The molecule has 3 unspecified atom stereocenters. The van der Waals surface area contributed by atoms with Gasteiger partial charge in [0.05, 0.1) is 24.7 Å². The van der Waals surface area contributed by atoms with Crippen LogP contribution in [0, 0.1) is 13.8 Å². The normalized spacial score (nSPS) is 23.0. The molecule has 0 N–H and O–H groups in total. The van der Waals surface area contributed by atoms with Crippen LogP contribution in [-0.4, -0.2) is 109 Å². The lowest BCUT2D eigenvalue weighted by Crippen LogP contribution is -2.46. The van der Waals surface area contributed by atoms with Gasteiger partial charge in [0.25, 0.3) is 0 Å². The molecule has 0 amide bonds. The van der Waals surface area contributed by atoms with E-state index in [1.54, 1.807) is 7.11 Å². The fraction of sp³-hybridized carbons (Fsp3) is 0.720. The van der Waals surface area contributed by atoms with Gasteiger partial charge in [0.2, 0.25) is 0 Å². The number of thioether (sulfide) groups is 1. The Morgan fingerprint density at radius 3 is 2.50 bits per heavy atom. The van der Waals surface area contributed by atoms with Gasteiger partial charge < -0.3 is 24.1 Å². The van der Waals surface area contributed by atoms with Gasteiger partial charge in [0.1, 0.15) is 29.6 Å². The average molecular weight is 514 g/mol. The number of rotatable bonds is 8. The third-order valence-corrected chi connectivity index (χ3v) is 9.37. The van der Waals surface area contributed by atoms with E-state index in [0.29, 0.717) is 6.61 Å². The van der Waals surface area contributed by atoms with Gasteiger partial charge in [-0.25, -0.2) is 8.51 Å². The van der Waals surface area contributed by atoms with Crippen molar-refractivity contribution in [3.63, 3.8) is 0 Å². The van der Waals surface area contributed by atoms with Crippen molar-refractivity contribution in [1.29, 1.82) is 0 Å². The molecule has 0 aromatic heterocycles. The molecule has 9 heteroatoms. The summed E-state index contributed by atoms with van der Waals surface area (Å²) < 4.78 is 25.8. The highest BCUT2D eigenvalue weighted by molar-refractivity contribution is 7.99. The van der Waals surface area contributed by atoms with Gasteiger partial charge in [0.15, 0.2) is 0 Å². The van der Waals surface area contributed by atoms with E-state index in [0.717, 1.165) is 52.2 Å². The van der Waals surface area contributed by atoms with Crippen molar-refractivity contribution in [2.45, 2.75) is 50.1 Å². The SMILES string of the molecule is CN1CCCC(N(C)C)CC1.COc1cc(C)c(S(=O)N2CCSCC2COCC=O)c(C)c1. The number of carbonyl (C=O) groups excluding carboxylic acids is 1. The van der Waals surface area contributed by atoms with Crippen molar-refractivity contribution >= 4 is 29.0 Å². The van der Waals surface area contributed by atoms with Gasteiger partial charge in [-0.15, -0.1) is 0 Å². The Labute approximate surface area is 213 Å². The largest absolute Gasteiger partial charge is 0.497 e. The minimum absolute atomic E-state index is 0.0513. The molecule has 0 bridgehead atoms. The van der Waals surface area contributed by atoms with Gasteiger partial charge >= 0.3 is 0 Å². The first-order valence-corrected chi connectivity index (χ1v) is 14.3. The van der Waals surface area contributed by atoms with Crippen molar-refractivity contribution < 1.29 is 18.5 Å². The average Bonchev–Trinajstić information content (AvgIpc) is 3.04. The number of ether oxygens (including phenoxy) is 2. The fourth-order valence-corrected chi connectivity index (χ4v) is 7.22. The van der Waals surface area contributed by atoms with E-state index >= 15 is 0 Å². The number of methoxy groups -OCH3 is 1. The van der Waals surface area contributed by atoms with E-state index in [4.69, 9.17) is 9.47 Å². The Balaban J connectivity index is 0.000000310. The van der Waals surface area contributed by atoms with Crippen molar-refractivity contribution in [1.82, 2.24) is 14.1 Å². The second-order valence-corrected chi connectivity index (χ2v) is 11.8. The Morgan fingerprint density at radius 2 is 1.88 bits per heavy atom. The number of hydrogen-bond donors (Lipinski definition) is 0. The monoisotopic (exact) mass is 513 g/mol. The molecule has 7 nitrogen and oxygen atoms in total. The highest BCUT2D eigenvalue weighted by Crippen LogP contribution is 2.29. The molecule has 1 aromatic carbocycles. The molecular weight excluding hydrogens is 470 g/mol. The number of aldehydes is 1. The highest BCUT2D eigenvalue weighted by Gasteiger charge is 2.30. The van der Waals surface area contributed by atoms with Gasteiger partial charge in [0, 0.05) is 24.1 Å². The summed E-state index contributed by atoms with van der Waals surface area (Å²) in [6, 6.07) is 4.70.